The molecule has 4 rings (SSSR count). The van der Waals surface area contributed by atoms with Crippen LogP contribution < -0.4 is 10.5 Å². The summed E-state index contributed by atoms with van der Waals surface area (Å²) in [5.41, 5.74) is 9.19. The Hall–Kier alpha value is -3.28. The molecular weight excluding hydrogens is 378 g/mol. The maximum absolute atomic E-state index is 13.1. The summed E-state index contributed by atoms with van der Waals surface area (Å²) < 4.78 is 6.47. The average Bonchev–Trinajstić information content (AvgIpc) is 2.78. The van der Waals surface area contributed by atoms with E-state index < -0.39 is 5.60 Å². The van der Waals surface area contributed by atoms with Gasteiger partial charge in [0.1, 0.15) is 17.1 Å². The summed E-state index contributed by atoms with van der Waals surface area (Å²) in [6.07, 6.45) is 3.46. The molecule has 156 valence electrons. The van der Waals surface area contributed by atoms with Crippen LogP contribution in [0.1, 0.15) is 41.3 Å². The van der Waals surface area contributed by atoms with Crippen molar-refractivity contribution in [3.63, 3.8) is 0 Å². The van der Waals surface area contributed by atoms with Crippen LogP contribution in [0.25, 0.3) is 0 Å². The van der Waals surface area contributed by atoms with Crippen LogP contribution in [0.3, 0.4) is 0 Å². The molecule has 0 bridgehead atoms. The van der Waals surface area contributed by atoms with Gasteiger partial charge in [-0.15, -0.1) is 0 Å². The van der Waals surface area contributed by atoms with Gasteiger partial charge in [0, 0.05) is 50.3 Å². The van der Waals surface area contributed by atoms with Crippen molar-refractivity contribution in [2.24, 2.45) is 10.7 Å². The highest BCUT2D eigenvalue weighted by Gasteiger charge is 2.46. The SMILES string of the molecule is CCc1cccc(C(=O)N2CCC3(CC2)Oc2ccccc2C(=NC)/C3=C\N)c1O. The molecule has 2 aromatic rings. The monoisotopic (exact) mass is 405 g/mol. The van der Waals surface area contributed by atoms with Gasteiger partial charge in [-0.05, 0) is 30.2 Å². The van der Waals surface area contributed by atoms with E-state index in [0.29, 0.717) is 37.9 Å². The molecule has 6 heteroatoms. The third-order valence-electron chi connectivity index (χ3n) is 6.17. The lowest BCUT2D eigenvalue weighted by atomic mass is 9.78. The van der Waals surface area contributed by atoms with Gasteiger partial charge in [0.05, 0.1) is 11.3 Å². The summed E-state index contributed by atoms with van der Waals surface area (Å²) >= 11 is 0. The molecular formula is C24H27N3O3. The van der Waals surface area contributed by atoms with E-state index in [1.807, 2.05) is 43.3 Å². The Morgan fingerprint density at radius 1 is 1.23 bits per heavy atom. The number of amides is 1. The minimum atomic E-state index is -0.609. The fourth-order valence-corrected chi connectivity index (χ4v) is 4.51. The summed E-state index contributed by atoms with van der Waals surface area (Å²) in [6, 6.07) is 13.2. The smallest absolute Gasteiger partial charge is 0.257 e. The Labute approximate surface area is 176 Å². The standard InChI is InChI=1S/C24H27N3O3/c1-3-16-7-6-9-18(22(16)28)23(29)27-13-11-24(12-14-27)19(15-25)21(26-2)17-8-4-5-10-20(17)30-24/h4-10,15,28H,3,11-14,25H2,1-2H3/b19-15+,26-21?. The van der Waals surface area contributed by atoms with Gasteiger partial charge in [-0.1, -0.05) is 31.2 Å². The summed E-state index contributed by atoms with van der Waals surface area (Å²) in [6.45, 7) is 2.97. The van der Waals surface area contributed by atoms with E-state index in [1.165, 1.54) is 0 Å². The number of benzene rings is 2. The zero-order valence-corrected chi connectivity index (χ0v) is 17.4. The molecule has 2 aliphatic rings. The zero-order chi connectivity index (χ0) is 21.3. The van der Waals surface area contributed by atoms with Gasteiger partial charge in [0.2, 0.25) is 0 Å². The topological polar surface area (TPSA) is 88.2 Å². The van der Waals surface area contributed by atoms with Gasteiger partial charge in [0.25, 0.3) is 5.91 Å². The predicted molar refractivity (Wildman–Crippen MR) is 117 cm³/mol. The van der Waals surface area contributed by atoms with Crippen LogP contribution in [0, 0.1) is 0 Å². The molecule has 0 radical (unpaired) electrons. The molecule has 1 fully saturated rings. The van der Waals surface area contributed by atoms with E-state index >= 15 is 0 Å². The number of piperidine rings is 1. The molecule has 2 aromatic carbocycles. The number of carbonyl (C=O) groups is 1. The summed E-state index contributed by atoms with van der Waals surface area (Å²) in [5, 5.41) is 10.5. The predicted octanol–water partition coefficient (Wildman–Crippen LogP) is 3.28. The summed E-state index contributed by atoms with van der Waals surface area (Å²) in [7, 11) is 1.76. The van der Waals surface area contributed by atoms with Crippen molar-refractivity contribution in [1.29, 1.82) is 0 Å². The van der Waals surface area contributed by atoms with Crippen LogP contribution >= 0.6 is 0 Å². The van der Waals surface area contributed by atoms with Crippen LogP contribution in [0.4, 0.5) is 0 Å². The quantitative estimate of drug-likeness (QED) is 0.803. The minimum absolute atomic E-state index is 0.0797. The first-order chi connectivity index (χ1) is 14.5. The van der Waals surface area contributed by atoms with Crippen molar-refractivity contribution in [1.82, 2.24) is 4.90 Å². The number of aryl methyl sites for hydroxylation is 1. The number of nitrogens with two attached hydrogens (primary N) is 1. The van der Waals surface area contributed by atoms with Gasteiger partial charge < -0.3 is 20.5 Å². The number of phenolic OH excluding ortho intramolecular Hbond substituents is 1. The van der Waals surface area contributed by atoms with E-state index in [4.69, 9.17) is 10.5 Å². The Morgan fingerprint density at radius 3 is 2.63 bits per heavy atom. The number of nitrogens with zero attached hydrogens (tertiary/aromatic N) is 2. The number of rotatable bonds is 2. The van der Waals surface area contributed by atoms with Crippen LogP contribution in [0.5, 0.6) is 11.5 Å². The van der Waals surface area contributed by atoms with Crippen LogP contribution in [-0.2, 0) is 6.42 Å². The number of likely N-dealkylation sites (tertiary alicyclic amines) is 1. The Bertz CT molecular complexity index is 1030. The second kappa shape index (κ2) is 7.86. The second-order valence-corrected chi connectivity index (χ2v) is 7.70. The maximum Gasteiger partial charge on any atom is 0.257 e. The highest BCUT2D eigenvalue weighted by atomic mass is 16.5. The lowest BCUT2D eigenvalue weighted by molar-refractivity contribution is 0.0283. The van der Waals surface area contributed by atoms with Crippen molar-refractivity contribution in [2.75, 3.05) is 20.1 Å². The van der Waals surface area contributed by atoms with Crippen molar-refractivity contribution in [3.8, 4) is 11.5 Å². The fourth-order valence-electron chi connectivity index (χ4n) is 4.51. The molecule has 1 spiro atoms. The van der Waals surface area contributed by atoms with Gasteiger partial charge in [-0.2, -0.15) is 0 Å². The van der Waals surface area contributed by atoms with Gasteiger partial charge in [0.15, 0.2) is 0 Å². The highest BCUT2D eigenvalue weighted by Crippen LogP contribution is 2.43. The number of hydrogen-bond acceptors (Lipinski definition) is 5. The Morgan fingerprint density at radius 2 is 1.97 bits per heavy atom. The van der Waals surface area contributed by atoms with Crippen LogP contribution in [-0.4, -0.2) is 47.4 Å². The number of fused-ring (bicyclic) bond motifs is 1. The van der Waals surface area contributed by atoms with E-state index in [0.717, 1.165) is 28.2 Å². The number of para-hydroxylation sites is 2. The first-order valence-electron chi connectivity index (χ1n) is 10.3. The van der Waals surface area contributed by atoms with Crippen LogP contribution in [0.2, 0.25) is 0 Å². The van der Waals surface area contributed by atoms with E-state index in [2.05, 4.69) is 4.99 Å². The van der Waals surface area contributed by atoms with Gasteiger partial charge >= 0.3 is 0 Å². The Balaban J connectivity index is 1.60. The fraction of sp³-hybridized carbons (Fsp3) is 0.333. The number of carbonyl (C=O) groups excluding carboxylic acids is 1. The molecule has 1 amide bonds. The number of phenols is 1. The lowest BCUT2D eigenvalue weighted by Gasteiger charge is -2.46. The average molecular weight is 405 g/mol. The van der Waals surface area contributed by atoms with E-state index in [1.54, 1.807) is 24.2 Å². The normalized spacial score (nSPS) is 20.3. The molecule has 1 saturated heterocycles. The molecule has 2 heterocycles. The maximum atomic E-state index is 13.1. The van der Waals surface area contributed by atoms with Crippen LogP contribution in [0.15, 0.2) is 59.2 Å². The molecule has 2 aliphatic heterocycles. The number of aliphatic imine (C=N–C) groups is 1. The lowest BCUT2D eigenvalue weighted by Crippen LogP contribution is -2.54. The third-order valence-corrected chi connectivity index (χ3v) is 6.17. The van der Waals surface area contributed by atoms with E-state index in [-0.39, 0.29) is 11.7 Å². The molecule has 30 heavy (non-hydrogen) atoms. The highest BCUT2D eigenvalue weighted by molar-refractivity contribution is 6.16. The molecule has 0 unspecified atom stereocenters. The summed E-state index contributed by atoms with van der Waals surface area (Å²) in [4.78, 5) is 19.4. The largest absolute Gasteiger partial charge is 0.507 e. The molecule has 0 saturated carbocycles. The number of aromatic hydroxyl groups is 1. The van der Waals surface area contributed by atoms with E-state index in [9.17, 15) is 9.90 Å². The van der Waals surface area contributed by atoms with Crippen molar-refractivity contribution in [2.45, 2.75) is 31.8 Å². The van der Waals surface area contributed by atoms with Crippen molar-refractivity contribution >= 4 is 11.6 Å². The Kier molecular flexibility index (Phi) is 5.24. The van der Waals surface area contributed by atoms with Crippen molar-refractivity contribution in [3.05, 3.63) is 70.9 Å². The van der Waals surface area contributed by atoms with Gasteiger partial charge in [-0.3, -0.25) is 9.79 Å². The summed E-state index contributed by atoms with van der Waals surface area (Å²) in [5.74, 6) is 0.712. The number of ether oxygens (including phenoxy) is 1. The van der Waals surface area contributed by atoms with Crippen molar-refractivity contribution < 1.29 is 14.6 Å². The molecule has 0 atom stereocenters. The first-order valence-corrected chi connectivity index (χ1v) is 10.3. The molecule has 6 nitrogen and oxygen atoms in total. The molecule has 0 aromatic heterocycles. The molecule has 0 aliphatic carbocycles. The third kappa shape index (κ3) is 3.12. The first kappa shape index (κ1) is 20.0. The minimum Gasteiger partial charge on any atom is -0.507 e. The molecule has 3 N–H and O–H groups in total. The number of hydrogen-bond donors (Lipinski definition) is 2. The second-order valence-electron chi connectivity index (χ2n) is 7.70. The zero-order valence-electron chi connectivity index (χ0n) is 17.4. The van der Waals surface area contributed by atoms with Gasteiger partial charge in [-0.25, -0.2) is 0 Å².